The Morgan fingerprint density at radius 1 is 1.39 bits per heavy atom. The standard InChI is InChI=1S/C15H20N2O/c1-17-10-12-6-5-11(9-14(12)15(17)18)8-13-4-2-3-7-16-13/h5-6,9,13,16H,2-4,7-8,10H2,1H3. The molecule has 1 atom stereocenters. The molecule has 1 amide bonds. The van der Waals surface area contributed by atoms with Gasteiger partial charge in [-0.15, -0.1) is 0 Å². The molecule has 1 N–H and O–H groups in total. The number of rotatable bonds is 2. The van der Waals surface area contributed by atoms with Crippen molar-refractivity contribution in [2.24, 2.45) is 0 Å². The monoisotopic (exact) mass is 244 g/mol. The van der Waals surface area contributed by atoms with Crippen LogP contribution in [0.15, 0.2) is 18.2 Å². The lowest BCUT2D eigenvalue weighted by molar-refractivity contribution is 0.0816. The normalized spacial score (nSPS) is 23.3. The molecule has 0 spiro atoms. The van der Waals surface area contributed by atoms with E-state index in [4.69, 9.17) is 0 Å². The molecule has 1 saturated heterocycles. The van der Waals surface area contributed by atoms with Crippen molar-refractivity contribution in [3.63, 3.8) is 0 Å². The largest absolute Gasteiger partial charge is 0.337 e. The summed E-state index contributed by atoms with van der Waals surface area (Å²) in [7, 11) is 1.87. The molecular weight excluding hydrogens is 224 g/mol. The van der Waals surface area contributed by atoms with Gasteiger partial charge in [0.2, 0.25) is 0 Å². The summed E-state index contributed by atoms with van der Waals surface area (Å²) in [4.78, 5) is 13.7. The molecule has 1 unspecified atom stereocenters. The van der Waals surface area contributed by atoms with Gasteiger partial charge in [-0.2, -0.15) is 0 Å². The number of nitrogens with one attached hydrogen (secondary N) is 1. The lowest BCUT2D eigenvalue weighted by Crippen LogP contribution is -2.35. The molecule has 2 aliphatic rings. The third-order valence-electron chi connectivity index (χ3n) is 4.05. The van der Waals surface area contributed by atoms with E-state index in [0.717, 1.165) is 25.1 Å². The maximum absolute atomic E-state index is 12.0. The van der Waals surface area contributed by atoms with Gasteiger partial charge in [0.15, 0.2) is 0 Å². The molecule has 2 aliphatic heterocycles. The van der Waals surface area contributed by atoms with E-state index in [-0.39, 0.29) is 5.91 Å². The van der Waals surface area contributed by atoms with Crippen molar-refractivity contribution >= 4 is 5.91 Å². The maximum Gasteiger partial charge on any atom is 0.254 e. The summed E-state index contributed by atoms with van der Waals surface area (Å²) in [5, 5.41) is 3.56. The van der Waals surface area contributed by atoms with Gasteiger partial charge in [0.1, 0.15) is 0 Å². The SMILES string of the molecule is CN1Cc2ccc(CC3CCCCN3)cc2C1=O. The highest BCUT2D eigenvalue weighted by molar-refractivity contribution is 5.98. The molecule has 2 heterocycles. The number of piperidine rings is 1. The van der Waals surface area contributed by atoms with Crippen LogP contribution in [0.5, 0.6) is 0 Å². The molecule has 96 valence electrons. The van der Waals surface area contributed by atoms with Crippen LogP contribution in [0.4, 0.5) is 0 Å². The summed E-state index contributed by atoms with van der Waals surface area (Å²) >= 11 is 0. The highest BCUT2D eigenvalue weighted by Crippen LogP contribution is 2.23. The number of carbonyl (C=O) groups is 1. The van der Waals surface area contributed by atoms with E-state index in [1.54, 1.807) is 4.90 Å². The van der Waals surface area contributed by atoms with E-state index < -0.39 is 0 Å². The number of nitrogens with zero attached hydrogens (tertiary/aromatic N) is 1. The molecule has 18 heavy (non-hydrogen) atoms. The van der Waals surface area contributed by atoms with E-state index in [9.17, 15) is 4.79 Å². The molecule has 0 aliphatic carbocycles. The second-order valence-electron chi connectivity index (χ2n) is 5.50. The Bertz CT molecular complexity index is 464. The van der Waals surface area contributed by atoms with Crippen molar-refractivity contribution in [2.75, 3.05) is 13.6 Å². The number of fused-ring (bicyclic) bond motifs is 1. The summed E-state index contributed by atoms with van der Waals surface area (Å²) in [5.74, 6) is 0.170. The van der Waals surface area contributed by atoms with Crippen LogP contribution in [0, 0.1) is 0 Å². The minimum Gasteiger partial charge on any atom is -0.337 e. The summed E-state index contributed by atoms with van der Waals surface area (Å²) in [6, 6.07) is 6.99. The first-order valence-corrected chi connectivity index (χ1v) is 6.85. The molecule has 3 heteroatoms. The molecule has 0 radical (unpaired) electrons. The Morgan fingerprint density at radius 3 is 3.06 bits per heavy atom. The van der Waals surface area contributed by atoms with Crippen LogP contribution in [0.25, 0.3) is 0 Å². The minimum atomic E-state index is 0.170. The third kappa shape index (κ3) is 2.15. The maximum atomic E-state index is 12.0. The number of benzene rings is 1. The Labute approximate surface area is 108 Å². The smallest absolute Gasteiger partial charge is 0.254 e. The number of carbonyl (C=O) groups excluding carboxylic acids is 1. The fourth-order valence-electron chi connectivity index (χ4n) is 3.00. The van der Waals surface area contributed by atoms with Crippen LogP contribution in [0.3, 0.4) is 0 Å². The highest BCUT2D eigenvalue weighted by Gasteiger charge is 2.24. The second kappa shape index (κ2) is 4.73. The van der Waals surface area contributed by atoms with E-state index in [0.29, 0.717) is 6.04 Å². The molecule has 0 bridgehead atoms. The topological polar surface area (TPSA) is 32.3 Å². The van der Waals surface area contributed by atoms with Gasteiger partial charge in [0, 0.05) is 25.2 Å². The molecule has 3 rings (SSSR count). The van der Waals surface area contributed by atoms with Gasteiger partial charge < -0.3 is 10.2 Å². The Kier molecular flexibility index (Phi) is 3.08. The second-order valence-corrected chi connectivity index (χ2v) is 5.50. The lowest BCUT2D eigenvalue weighted by Gasteiger charge is -2.23. The molecular formula is C15H20N2O. The quantitative estimate of drug-likeness (QED) is 0.862. The van der Waals surface area contributed by atoms with E-state index in [1.807, 2.05) is 7.05 Å². The fraction of sp³-hybridized carbons (Fsp3) is 0.533. The predicted molar refractivity (Wildman–Crippen MR) is 71.6 cm³/mol. The minimum absolute atomic E-state index is 0.170. The molecule has 3 nitrogen and oxygen atoms in total. The van der Waals surface area contributed by atoms with E-state index in [2.05, 4.69) is 23.5 Å². The molecule has 1 aromatic carbocycles. The van der Waals surface area contributed by atoms with Crippen molar-refractivity contribution < 1.29 is 4.79 Å². The number of hydrogen-bond acceptors (Lipinski definition) is 2. The number of amides is 1. The summed E-state index contributed by atoms with van der Waals surface area (Å²) in [6.45, 7) is 1.90. The van der Waals surface area contributed by atoms with Gasteiger partial charge in [0.25, 0.3) is 5.91 Å². The van der Waals surface area contributed by atoms with Crippen molar-refractivity contribution in [3.8, 4) is 0 Å². The van der Waals surface area contributed by atoms with Gasteiger partial charge in [-0.3, -0.25) is 4.79 Å². The number of hydrogen-bond donors (Lipinski definition) is 1. The fourth-order valence-corrected chi connectivity index (χ4v) is 3.00. The first-order valence-electron chi connectivity index (χ1n) is 6.85. The van der Waals surface area contributed by atoms with Crippen LogP contribution in [-0.2, 0) is 13.0 Å². The van der Waals surface area contributed by atoms with Crippen molar-refractivity contribution in [3.05, 3.63) is 34.9 Å². The zero-order chi connectivity index (χ0) is 12.5. The van der Waals surface area contributed by atoms with Crippen molar-refractivity contribution in [2.45, 2.75) is 38.3 Å². The van der Waals surface area contributed by atoms with E-state index in [1.165, 1.54) is 30.4 Å². The highest BCUT2D eigenvalue weighted by atomic mass is 16.2. The zero-order valence-corrected chi connectivity index (χ0v) is 10.9. The summed E-state index contributed by atoms with van der Waals surface area (Å²) in [5.41, 5.74) is 3.37. The van der Waals surface area contributed by atoms with Crippen LogP contribution >= 0.6 is 0 Å². The molecule has 0 aromatic heterocycles. The Morgan fingerprint density at radius 2 is 2.28 bits per heavy atom. The van der Waals surface area contributed by atoms with Crippen LogP contribution in [0.2, 0.25) is 0 Å². The van der Waals surface area contributed by atoms with Gasteiger partial charge in [-0.1, -0.05) is 18.6 Å². The van der Waals surface area contributed by atoms with Gasteiger partial charge in [-0.05, 0) is 43.0 Å². The first kappa shape index (κ1) is 11.7. The molecule has 1 aromatic rings. The molecule has 0 saturated carbocycles. The van der Waals surface area contributed by atoms with Gasteiger partial charge in [0.05, 0.1) is 0 Å². The third-order valence-corrected chi connectivity index (χ3v) is 4.05. The first-order chi connectivity index (χ1) is 8.74. The Balaban J connectivity index is 1.76. The predicted octanol–water partition coefficient (Wildman–Crippen LogP) is 1.96. The van der Waals surface area contributed by atoms with Gasteiger partial charge >= 0.3 is 0 Å². The van der Waals surface area contributed by atoms with Crippen molar-refractivity contribution in [1.82, 2.24) is 10.2 Å². The van der Waals surface area contributed by atoms with Gasteiger partial charge in [-0.25, -0.2) is 0 Å². The van der Waals surface area contributed by atoms with Crippen molar-refractivity contribution in [1.29, 1.82) is 0 Å². The van der Waals surface area contributed by atoms with E-state index >= 15 is 0 Å². The average molecular weight is 244 g/mol. The van der Waals surface area contributed by atoms with Crippen LogP contribution < -0.4 is 5.32 Å². The lowest BCUT2D eigenvalue weighted by atomic mass is 9.96. The molecule has 1 fully saturated rings. The zero-order valence-electron chi connectivity index (χ0n) is 10.9. The summed E-state index contributed by atoms with van der Waals surface area (Å²) in [6.07, 6.45) is 4.92. The summed E-state index contributed by atoms with van der Waals surface area (Å²) < 4.78 is 0. The Hall–Kier alpha value is -1.35. The average Bonchev–Trinajstić information content (AvgIpc) is 2.67. The van der Waals surface area contributed by atoms with Crippen LogP contribution in [-0.4, -0.2) is 30.4 Å². The van der Waals surface area contributed by atoms with Crippen LogP contribution in [0.1, 0.15) is 40.7 Å².